The Morgan fingerprint density at radius 2 is 1.21 bits per heavy atom. The summed E-state index contributed by atoms with van der Waals surface area (Å²) in [5, 5.41) is 0. The molecule has 7 heteroatoms. The summed E-state index contributed by atoms with van der Waals surface area (Å²) in [5.41, 5.74) is 1.000. The summed E-state index contributed by atoms with van der Waals surface area (Å²) in [7, 11) is 0. The van der Waals surface area contributed by atoms with Gasteiger partial charge in [-0.2, -0.15) is 0 Å². The van der Waals surface area contributed by atoms with Crippen LogP contribution in [0.1, 0.15) is 37.5 Å². The van der Waals surface area contributed by atoms with E-state index < -0.39 is 36.4 Å². The van der Waals surface area contributed by atoms with E-state index in [-0.39, 0.29) is 24.4 Å². The van der Waals surface area contributed by atoms with Gasteiger partial charge in [0.1, 0.15) is 18.8 Å². The average molecular weight is 462 g/mol. The summed E-state index contributed by atoms with van der Waals surface area (Å²) in [4.78, 5) is 37.5. The Morgan fingerprint density at radius 1 is 0.706 bits per heavy atom. The minimum atomic E-state index is -1.78. The molecule has 1 fully saturated rings. The van der Waals surface area contributed by atoms with Gasteiger partial charge < -0.3 is 14.2 Å². The third kappa shape index (κ3) is 5.55. The van der Waals surface area contributed by atoms with Crippen LogP contribution in [0.3, 0.4) is 0 Å². The number of benzene rings is 3. The Hall–Kier alpha value is -3.84. The van der Waals surface area contributed by atoms with Gasteiger partial charge in [0, 0.05) is 12.0 Å². The van der Waals surface area contributed by atoms with Crippen molar-refractivity contribution in [3.8, 4) is 0 Å². The summed E-state index contributed by atoms with van der Waals surface area (Å²) in [6, 6.07) is 25.0. The molecule has 0 N–H and O–H groups in total. The highest BCUT2D eigenvalue weighted by Crippen LogP contribution is 2.31. The van der Waals surface area contributed by atoms with Crippen molar-refractivity contribution in [2.45, 2.75) is 30.9 Å². The van der Waals surface area contributed by atoms with E-state index >= 15 is 4.39 Å². The molecule has 3 aromatic carbocycles. The van der Waals surface area contributed by atoms with E-state index in [1.54, 1.807) is 91.0 Å². The summed E-state index contributed by atoms with van der Waals surface area (Å²) in [6.07, 6.45) is -5.58. The lowest BCUT2D eigenvalue weighted by Crippen LogP contribution is -2.37. The van der Waals surface area contributed by atoms with Crippen LogP contribution in [0.2, 0.25) is 0 Å². The fourth-order valence-corrected chi connectivity index (χ4v) is 3.74. The van der Waals surface area contributed by atoms with E-state index in [4.69, 9.17) is 14.2 Å². The maximum Gasteiger partial charge on any atom is 0.338 e. The van der Waals surface area contributed by atoms with Crippen LogP contribution in [0.4, 0.5) is 4.39 Å². The minimum absolute atomic E-state index is 0.242. The van der Waals surface area contributed by atoms with Gasteiger partial charge in [-0.05, 0) is 24.3 Å². The quantitative estimate of drug-likeness (QED) is 0.364. The largest absolute Gasteiger partial charge is 0.459 e. The molecule has 0 saturated carbocycles. The predicted molar refractivity (Wildman–Crippen MR) is 121 cm³/mol. The SMILES string of the molecule is O=C(C[C@H]1O[C@H](COC(=O)c2ccccc2)[C@@H](OC(=O)c2ccccc2)[C@@H]1F)c1ccccc1. The fraction of sp³-hybridized carbons (Fsp3) is 0.222. The fourth-order valence-electron chi connectivity index (χ4n) is 3.74. The van der Waals surface area contributed by atoms with Gasteiger partial charge in [-0.3, -0.25) is 4.79 Å². The van der Waals surface area contributed by atoms with Crippen molar-refractivity contribution in [2.24, 2.45) is 0 Å². The van der Waals surface area contributed by atoms with Crippen molar-refractivity contribution in [2.75, 3.05) is 6.61 Å². The highest BCUT2D eigenvalue weighted by molar-refractivity contribution is 5.96. The van der Waals surface area contributed by atoms with Crippen LogP contribution in [0.25, 0.3) is 0 Å². The second kappa shape index (κ2) is 10.9. The van der Waals surface area contributed by atoms with Gasteiger partial charge in [0.25, 0.3) is 0 Å². The molecule has 0 unspecified atom stereocenters. The molecule has 4 rings (SSSR count). The number of ether oxygens (including phenoxy) is 3. The van der Waals surface area contributed by atoms with Crippen LogP contribution in [0, 0.1) is 0 Å². The molecule has 0 aromatic heterocycles. The molecule has 1 aliphatic rings. The van der Waals surface area contributed by atoms with E-state index in [0.29, 0.717) is 11.1 Å². The van der Waals surface area contributed by atoms with Crippen LogP contribution in [-0.2, 0) is 14.2 Å². The van der Waals surface area contributed by atoms with Crippen LogP contribution in [-0.4, -0.2) is 48.8 Å². The molecule has 1 saturated heterocycles. The minimum Gasteiger partial charge on any atom is -0.459 e. The van der Waals surface area contributed by atoms with Gasteiger partial charge in [0.05, 0.1) is 11.1 Å². The molecule has 0 bridgehead atoms. The number of esters is 2. The molecule has 1 aliphatic heterocycles. The van der Waals surface area contributed by atoms with Crippen LogP contribution < -0.4 is 0 Å². The first-order valence-electron chi connectivity index (χ1n) is 10.9. The van der Waals surface area contributed by atoms with E-state index in [2.05, 4.69) is 0 Å². The highest BCUT2D eigenvalue weighted by atomic mass is 19.1. The van der Waals surface area contributed by atoms with Crippen LogP contribution in [0.5, 0.6) is 0 Å². The molecule has 6 nitrogen and oxygen atoms in total. The number of rotatable bonds is 8. The number of carbonyl (C=O) groups excluding carboxylic acids is 3. The molecular formula is C27H23FO6. The third-order valence-electron chi connectivity index (χ3n) is 5.51. The number of hydrogen-bond donors (Lipinski definition) is 0. The van der Waals surface area contributed by atoms with Gasteiger partial charge in [-0.15, -0.1) is 0 Å². The van der Waals surface area contributed by atoms with Gasteiger partial charge >= 0.3 is 11.9 Å². The van der Waals surface area contributed by atoms with Crippen molar-refractivity contribution in [3.05, 3.63) is 108 Å². The summed E-state index contributed by atoms with van der Waals surface area (Å²) in [5.74, 6) is -1.65. The molecule has 1 heterocycles. The van der Waals surface area contributed by atoms with Gasteiger partial charge in [0.15, 0.2) is 18.1 Å². The van der Waals surface area contributed by atoms with Crippen LogP contribution in [0.15, 0.2) is 91.0 Å². The Morgan fingerprint density at radius 3 is 1.76 bits per heavy atom. The van der Waals surface area contributed by atoms with Crippen molar-refractivity contribution < 1.29 is 33.0 Å². The second-order valence-electron chi connectivity index (χ2n) is 7.85. The zero-order valence-electron chi connectivity index (χ0n) is 18.2. The van der Waals surface area contributed by atoms with Crippen molar-refractivity contribution >= 4 is 17.7 Å². The third-order valence-corrected chi connectivity index (χ3v) is 5.51. The van der Waals surface area contributed by atoms with Crippen molar-refractivity contribution in [3.63, 3.8) is 0 Å². The number of ketones is 1. The Labute approximate surface area is 196 Å². The van der Waals surface area contributed by atoms with E-state index in [0.717, 1.165) is 0 Å². The first-order chi connectivity index (χ1) is 16.5. The first-order valence-corrected chi connectivity index (χ1v) is 10.9. The van der Waals surface area contributed by atoms with Gasteiger partial charge in [-0.1, -0.05) is 66.7 Å². The molecule has 0 radical (unpaired) electrons. The number of hydrogen-bond acceptors (Lipinski definition) is 6. The first kappa shape index (κ1) is 23.3. The topological polar surface area (TPSA) is 78.9 Å². The Balaban J connectivity index is 1.47. The highest BCUT2D eigenvalue weighted by Gasteiger charge is 2.48. The standard InChI is InChI=1S/C27H23FO6/c28-24-22(16-21(29)18-10-4-1-5-11-18)33-23(17-32-26(30)19-12-6-2-7-13-19)25(24)34-27(31)20-14-8-3-9-15-20/h1-15,22-25H,16-17H2/t22-,23-,24-,25-/m1/s1. The number of carbonyl (C=O) groups is 3. The maximum absolute atomic E-state index is 15.4. The normalized spacial score (nSPS) is 21.6. The van der Waals surface area contributed by atoms with Crippen LogP contribution >= 0.6 is 0 Å². The number of halogens is 1. The summed E-state index contributed by atoms with van der Waals surface area (Å²) in [6.45, 7) is -0.336. The van der Waals surface area contributed by atoms with E-state index in [1.807, 2.05) is 0 Å². The number of Topliss-reactive ketones (excluding diaryl/α,β-unsaturated/α-hetero) is 1. The monoisotopic (exact) mass is 462 g/mol. The Bertz CT molecular complexity index is 1120. The predicted octanol–water partition coefficient (Wildman–Crippen LogP) is 4.45. The molecule has 4 atom stereocenters. The van der Waals surface area contributed by atoms with E-state index in [1.165, 1.54) is 0 Å². The Kier molecular flexibility index (Phi) is 7.44. The van der Waals surface area contributed by atoms with Gasteiger partial charge in [-0.25, -0.2) is 14.0 Å². The molecule has 3 aromatic rings. The second-order valence-corrected chi connectivity index (χ2v) is 7.85. The molecule has 0 amide bonds. The zero-order valence-corrected chi connectivity index (χ0v) is 18.2. The lowest BCUT2D eigenvalue weighted by Gasteiger charge is -2.20. The molecule has 0 spiro atoms. The number of alkyl halides is 1. The van der Waals surface area contributed by atoms with Crippen molar-refractivity contribution in [1.82, 2.24) is 0 Å². The van der Waals surface area contributed by atoms with Crippen molar-refractivity contribution in [1.29, 1.82) is 0 Å². The van der Waals surface area contributed by atoms with E-state index in [9.17, 15) is 14.4 Å². The lowest BCUT2D eigenvalue weighted by molar-refractivity contribution is -0.0426. The molecular weight excluding hydrogens is 439 g/mol. The molecule has 0 aliphatic carbocycles. The zero-order chi connectivity index (χ0) is 23.9. The summed E-state index contributed by atoms with van der Waals surface area (Å²) >= 11 is 0. The molecule has 34 heavy (non-hydrogen) atoms. The average Bonchev–Trinajstić information content (AvgIpc) is 3.17. The van der Waals surface area contributed by atoms with Gasteiger partial charge in [0.2, 0.25) is 0 Å². The smallest absolute Gasteiger partial charge is 0.338 e. The maximum atomic E-state index is 15.4. The lowest BCUT2D eigenvalue weighted by atomic mass is 10.0. The molecule has 174 valence electrons. The summed E-state index contributed by atoms with van der Waals surface area (Å²) < 4.78 is 31.9.